The Bertz CT molecular complexity index is 716. The number of benzene rings is 1. The molecule has 0 radical (unpaired) electrons. The second-order valence-electron chi connectivity index (χ2n) is 6.00. The van der Waals surface area contributed by atoms with Gasteiger partial charge in [0.2, 0.25) is 10.0 Å². The van der Waals surface area contributed by atoms with Gasteiger partial charge in [-0.25, -0.2) is 13.2 Å². The smallest absolute Gasteiger partial charge is 0.337 e. The number of sulfonamides is 1. The second kappa shape index (κ2) is 6.39. The van der Waals surface area contributed by atoms with Crippen molar-refractivity contribution >= 4 is 27.6 Å². The fourth-order valence-corrected chi connectivity index (χ4v) is 5.03. The fraction of sp³-hybridized carbons (Fsp3) is 0.533. The first-order valence-corrected chi connectivity index (χ1v) is 9.48. The molecule has 1 atom stereocenters. The molecule has 2 saturated heterocycles. The van der Waals surface area contributed by atoms with Gasteiger partial charge in [-0.2, -0.15) is 4.31 Å². The highest BCUT2D eigenvalue weighted by atomic mass is 35.5. The number of nitrogens with zero attached hydrogens (tertiary/aromatic N) is 2. The lowest BCUT2D eigenvalue weighted by Crippen LogP contribution is -2.37. The van der Waals surface area contributed by atoms with Crippen LogP contribution in [0.3, 0.4) is 0 Å². The van der Waals surface area contributed by atoms with Crippen LogP contribution in [0.2, 0.25) is 5.02 Å². The maximum absolute atomic E-state index is 12.8. The van der Waals surface area contributed by atoms with Gasteiger partial charge in [0.05, 0.1) is 15.5 Å². The molecule has 0 bridgehead atoms. The van der Waals surface area contributed by atoms with Crippen LogP contribution in [0.25, 0.3) is 0 Å². The zero-order valence-corrected chi connectivity index (χ0v) is 14.2. The Hall–Kier alpha value is -1.15. The van der Waals surface area contributed by atoms with Crippen molar-refractivity contribution in [2.45, 2.75) is 30.2 Å². The van der Waals surface area contributed by atoms with E-state index >= 15 is 0 Å². The van der Waals surface area contributed by atoms with Crippen LogP contribution in [-0.2, 0) is 10.0 Å². The molecule has 0 aliphatic carbocycles. The van der Waals surface area contributed by atoms with Gasteiger partial charge in [-0.15, -0.1) is 0 Å². The molecule has 2 aliphatic heterocycles. The van der Waals surface area contributed by atoms with Crippen molar-refractivity contribution < 1.29 is 18.3 Å². The summed E-state index contributed by atoms with van der Waals surface area (Å²) in [6, 6.07) is 4.10. The van der Waals surface area contributed by atoms with Gasteiger partial charge in [-0.3, -0.25) is 4.90 Å². The van der Waals surface area contributed by atoms with E-state index in [0.29, 0.717) is 13.1 Å². The van der Waals surface area contributed by atoms with E-state index in [9.17, 15) is 13.2 Å². The Balaban J connectivity index is 1.82. The van der Waals surface area contributed by atoms with Crippen LogP contribution in [-0.4, -0.2) is 60.9 Å². The number of aromatic carboxylic acids is 1. The minimum absolute atomic E-state index is 0.0126. The number of hydrogen-bond acceptors (Lipinski definition) is 4. The molecule has 0 amide bonds. The summed E-state index contributed by atoms with van der Waals surface area (Å²) in [5.74, 6) is -1.23. The van der Waals surface area contributed by atoms with Gasteiger partial charge in [-0.05, 0) is 50.6 Å². The van der Waals surface area contributed by atoms with Crippen LogP contribution >= 0.6 is 11.6 Å². The molecule has 0 aromatic heterocycles. The van der Waals surface area contributed by atoms with Gasteiger partial charge < -0.3 is 5.11 Å². The normalized spacial score (nSPS) is 23.4. The lowest BCUT2D eigenvalue weighted by Gasteiger charge is -2.23. The monoisotopic (exact) mass is 358 g/mol. The van der Waals surface area contributed by atoms with Crippen LogP contribution in [0.4, 0.5) is 0 Å². The van der Waals surface area contributed by atoms with Gasteiger partial charge in [0.25, 0.3) is 0 Å². The molecule has 1 aromatic rings. The predicted molar refractivity (Wildman–Crippen MR) is 86.4 cm³/mol. The highest BCUT2D eigenvalue weighted by Gasteiger charge is 2.36. The maximum atomic E-state index is 12.8. The van der Waals surface area contributed by atoms with Gasteiger partial charge in [0.1, 0.15) is 0 Å². The lowest BCUT2D eigenvalue weighted by atomic mass is 10.2. The Morgan fingerprint density at radius 1 is 1.22 bits per heavy atom. The van der Waals surface area contributed by atoms with E-state index in [-0.39, 0.29) is 21.5 Å². The van der Waals surface area contributed by atoms with Crippen LogP contribution < -0.4 is 0 Å². The molecule has 3 rings (SSSR count). The molecule has 126 valence electrons. The minimum atomic E-state index is -3.69. The first-order valence-electron chi connectivity index (χ1n) is 7.66. The van der Waals surface area contributed by atoms with E-state index < -0.39 is 16.0 Å². The number of halogens is 1. The highest BCUT2D eigenvalue weighted by Crippen LogP contribution is 2.28. The van der Waals surface area contributed by atoms with E-state index in [1.165, 1.54) is 29.3 Å². The molecule has 0 unspecified atom stereocenters. The van der Waals surface area contributed by atoms with E-state index in [0.717, 1.165) is 25.6 Å². The standard InChI is InChI=1S/C15H19ClN2O4S/c16-14-4-3-12(9-13(14)15(19)20)23(21,22)18-8-5-11(10-18)17-6-1-2-7-17/h3-4,9,11H,1-2,5-8,10H2,(H,19,20)/t11-/m0/s1. The van der Waals surface area contributed by atoms with Crippen LogP contribution in [0.5, 0.6) is 0 Å². The molecule has 2 heterocycles. The Labute approximate surface area is 140 Å². The van der Waals surface area contributed by atoms with Crippen LogP contribution in [0, 0.1) is 0 Å². The summed E-state index contributed by atoms with van der Waals surface area (Å²) < 4.78 is 27.0. The Morgan fingerprint density at radius 3 is 2.57 bits per heavy atom. The van der Waals surface area contributed by atoms with E-state index in [1.807, 2.05) is 0 Å². The van der Waals surface area contributed by atoms with Crippen molar-refractivity contribution in [3.63, 3.8) is 0 Å². The lowest BCUT2D eigenvalue weighted by molar-refractivity contribution is 0.0697. The molecule has 2 fully saturated rings. The number of carbonyl (C=O) groups is 1. The van der Waals surface area contributed by atoms with Crippen molar-refractivity contribution in [1.29, 1.82) is 0 Å². The average molecular weight is 359 g/mol. The molecule has 23 heavy (non-hydrogen) atoms. The van der Waals surface area contributed by atoms with Gasteiger partial charge in [0, 0.05) is 19.1 Å². The summed E-state index contributed by atoms with van der Waals surface area (Å²) in [4.78, 5) is 13.5. The van der Waals surface area contributed by atoms with E-state index in [4.69, 9.17) is 16.7 Å². The number of carboxylic acids is 1. The van der Waals surface area contributed by atoms with Gasteiger partial charge in [-0.1, -0.05) is 11.6 Å². The summed E-state index contributed by atoms with van der Waals surface area (Å²) >= 11 is 5.81. The van der Waals surface area contributed by atoms with E-state index in [2.05, 4.69) is 4.90 Å². The first kappa shape index (κ1) is 16.7. The van der Waals surface area contributed by atoms with Crippen molar-refractivity contribution in [2.75, 3.05) is 26.2 Å². The van der Waals surface area contributed by atoms with E-state index in [1.54, 1.807) is 0 Å². The third-order valence-corrected chi connectivity index (χ3v) is 6.78. The zero-order valence-electron chi connectivity index (χ0n) is 12.6. The highest BCUT2D eigenvalue weighted by molar-refractivity contribution is 7.89. The summed E-state index contributed by atoms with van der Waals surface area (Å²) in [6.45, 7) is 2.99. The molecule has 1 aromatic carbocycles. The average Bonchev–Trinajstić information content (AvgIpc) is 3.18. The Kier molecular flexibility index (Phi) is 4.64. The van der Waals surface area contributed by atoms with Crippen molar-refractivity contribution in [1.82, 2.24) is 9.21 Å². The molecule has 6 nitrogen and oxygen atoms in total. The molecule has 0 spiro atoms. The second-order valence-corrected chi connectivity index (χ2v) is 8.34. The number of carboxylic acid groups (broad SMARTS) is 1. The number of rotatable bonds is 4. The van der Waals surface area contributed by atoms with Gasteiger partial charge in [0.15, 0.2) is 0 Å². The Morgan fingerprint density at radius 2 is 1.91 bits per heavy atom. The largest absolute Gasteiger partial charge is 0.478 e. The third-order valence-electron chi connectivity index (χ3n) is 4.59. The summed E-state index contributed by atoms with van der Waals surface area (Å²) in [7, 11) is -3.69. The molecule has 8 heteroatoms. The zero-order chi connectivity index (χ0) is 16.6. The van der Waals surface area contributed by atoms with Crippen molar-refractivity contribution in [3.05, 3.63) is 28.8 Å². The molecular weight excluding hydrogens is 340 g/mol. The first-order chi connectivity index (χ1) is 10.9. The molecular formula is C15H19ClN2O4S. The SMILES string of the molecule is O=C(O)c1cc(S(=O)(=O)N2CC[C@H](N3CCCC3)C2)ccc1Cl. The summed E-state index contributed by atoms with van der Waals surface area (Å²) in [5.41, 5.74) is -0.192. The summed E-state index contributed by atoms with van der Waals surface area (Å²) in [5, 5.41) is 9.14. The molecule has 1 N–H and O–H groups in total. The minimum Gasteiger partial charge on any atom is -0.478 e. The fourth-order valence-electron chi connectivity index (χ4n) is 3.31. The maximum Gasteiger partial charge on any atom is 0.337 e. The number of likely N-dealkylation sites (tertiary alicyclic amines) is 1. The quantitative estimate of drug-likeness (QED) is 0.889. The van der Waals surface area contributed by atoms with Crippen molar-refractivity contribution in [2.24, 2.45) is 0 Å². The predicted octanol–water partition coefficient (Wildman–Crippen LogP) is 1.90. The van der Waals surface area contributed by atoms with Gasteiger partial charge >= 0.3 is 5.97 Å². The van der Waals surface area contributed by atoms with Crippen LogP contribution in [0.1, 0.15) is 29.6 Å². The molecule has 2 aliphatic rings. The number of hydrogen-bond donors (Lipinski definition) is 1. The topological polar surface area (TPSA) is 77.9 Å². The van der Waals surface area contributed by atoms with Crippen molar-refractivity contribution in [3.8, 4) is 0 Å². The third kappa shape index (κ3) is 3.24. The van der Waals surface area contributed by atoms with Crippen LogP contribution in [0.15, 0.2) is 23.1 Å². The molecule has 0 saturated carbocycles. The summed E-state index contributed by atoms with van der Waals surface area (Å²) in [6.07, 6.45) is 3.16.